The molecule has 0 fully saturated rings. The summed E-state index contributed by atoms with van der Waals surface area (Å²) in [5.41, 5.74) is -0.0297. The molecule has 1 heterocycles. The standard InChI is InChI=1S/C15H27N3O/c1-5-6-7-8-9-13(4)17-14-15(19)18(12(2)3)11-10-16-14/h10-13H,5-9H2,1-4H3,(H,16,17). The Kier molecular flexibility index (Phi) is 6.60. The van der Waals surface area contributed by atoms with E-state index in [0.717, 1.165) is 6.42 Å². The lowest BCUT2D eigenvalue weighted by Gasteiger charge is -2.16. The van der Waals surface area contributed by atoms with Crippen LogP contribution in [0.15, 0.2) is 17.2 Å². The summed E-state index contributed by atoms with van der Waals surface area (Å²) in [6.07, 6.45) is 9.51. The Labute approximate surface area is 116 Å². The summed E-state index contributed by atoms with van der Waals surface area (Å²) in [4.78, 5) is 16.3. The second-order valence-electron chi connectivity index (χ2n) is 5.48. The summed E-state index contributed by atoms with van der Waals surface area (Å²) in [7, 11) is 0. The molecule has 0 amide bonds. The zero-order chi connectivity index (χ0) is 14.3. The number of hydrogen-bond donors (Lipinski definition) is 1. The van der Waals surface area contributed by atoms with Crippen molar-refractivity contribution in [3.8, 4) is 0 Å². The molecule has 1 unspecified atom stereocenters. The van der Waals surface area contributed by atoms with Crippen molar-refractivity contribution in [3.63, 3.8) is 0 Å². The Morgan fingerprint density at radius 2 is 2.00 bits per heavy atom. The van der Waals surface area contributed by atoms with Crippen LogP contribution in [0.25, 0.3) is 0 Å². The Bertz CT molecular complexity index is 426. The summed E-state index contributed by atoms with van der Waals surface area (Å²) in [6.45, 7) is 8.32. The molecule has 0 aliphatic heterocycles. The number of hydrogen-bond acceptors (Lipinski definition) is 3. The molecule has 0 saturated carbocycles. The molecule has 108 valence electrons. The third-order valence-electron chi connectivity index (χ3n) is 3.30. The number of nitrogens with zero attached hydrogens (tertiary/aromatic N) is 2. The van der Waals surface area contributed by atoms with Gasteiger partial charge in [-0.25, -0.2) is 4.98 Å². The topological polar surface area (TPSA) is 46.9 Å². The van der Waals surface area contributed by atoms with E-state index in [0.29, 0.717) is 11.9 Å². The molecular formula is C15H27N3O. The first-order valence-corrected chi connectivity index (χ1v) is 7.40. The Morgan fingerprint density at radius 1 is 1.26 bits per heavy atom. The van der Waals surface area contributed by atoms with Crippen molar-refractivity contribution in [2.75, 3.05) is 5.32 Å². The third-order valence-corrected chi connectivity index (χ3v) is 3.30. The minimum Gasteiger partial charge on any atom is -0.363 e. The molecule has 19 heavy (non-hydrogen) atoms. The van der Waals surface area contributed by atoms with Crippen LogP contribution in [0.2, 0.25) is 0 Å². The van der Waals surface area contributed by atoms with E-state index in [1.165, 1.54) is 25.7 Å². The predicted molar refractivity (Wildman–Crippen MR) is 80.7 cm³/mol. The van der Waals surface area contributed by atoms with Crippen LogP contribution in [0.4, 0.5) is 5.82 Å². The summed E-state index contributed by atoms with van der Waals surface area (Å²) >= 11 is 0. The Morgan fingerprint density at radius 3 is 2.63 bits per heavy atom. The van der Waals surface area contributed by atoms with Gasteiger partial charge in [0, 0.05) is 24.5 Å². The molecule has 4 nitrogen and oxygen atoms in total. The van der Waals surface area contributed by atoms with E-state index in [1.807, 2.05) is 13.8 Å². The first-order chi connectivity index (χ1) is 9.06. The van der Waals surface area contributed by atoms with Gasteiger partial charge < -0.3 is 9.88 Å². The summed E-state index contributed by atoms with van der Waals surface area (Å²) in [6, 6.07) is 0.455. The smallest absolute Gasteiger partial charge is 0.293 e. The second-order valence-corrected chi connectivity index (χ2v) is 5.48. The van der Waals surface area contributed by atoms with Crippen LogP contribution in [0.3, 0.4) is 0 Å². The molecule has 0 aromatic carbocycles. The molecule has 0 saturated heterocycles. The lowest BCUT2D eigenvalue weighted by molar-refractivity contribution is 0.568. The van der Waals surface area contributed by atoms with Gasteiger partial charge in [0.15, 0.2) is 5.82 Å². The highest BCUT2D eigenvalue weighted by atomic mass is 16.1. The van der Waals surface area contributed by atoms with Crippen molar-refractivity contribution >= 4 is 5.82 Å². The number of anilines is 1. The molecule has 0 aliphatic rings. The molecule has 4 heteroatoms. The van der Waals surface area contributed by atoms with Crippen molar-refractivity contribution in [1.82, 2.24) is 9.55 Å². The molecule has 0 spiro atoms. The first kappa shape index (κ1) is 15.7. The summed E-state index contributed by atoms with van der Waals surface area (Å²) in [5.74, 6) is 0.471. The van der Waals surface area contributed by atoms with Gasteiger partial charge in [0.1, 0.15) is 0 Å². The molecule has 1 rings (SSSR count). The number of unbranched alkanes of at least 4 members (excludes halogenated alkanes) is 3. The van der Waals surface area contributed by atoms with Crippen molar-refractivity contribution in [3.05, 3.63) is 22.7 Å². The van der Waals surface area contributed by atoms with E-state index in [-0.39, 0.29) is 11.6 Å². The minimum atomic E-state index is -0.0297. The molecule has 0 radical (unpaired) electrons. The van der Waals surface area contributed by atoms with Crippen LogP contribution in [-0.2, 0) is 0 Å². The molecule has 1 atom stereocenters. The first-order valence-electron chi connectivity index (χ1n) is 7.40. The highest BCUT2D eigenvalue weighted by Crippen LogP contribution is 2.09. The van der Waals surface area contributed by atoms with E-state index in [4.69, 9.17) is 0 Å². The van der Waals surface area contributed by atoms with Crippen molar-refractivity contribution in [2.24, 2.45) is 0 Å². The zero-order valence-corrected chi connectivity index (χ0v) is 12.6. The molecule has 0 bridgehead atoms. The zero-order valence-electron chi connectivity index (χ0n) is 12.6. The maximum Gasteiger partial charge on any atom is 0.293 e. The van der Waals surface area contributed by atoms with Crippen molar-refractivity contribution in [2.45, 2.75) is 71.9 Å². The van der Waals surface area contributed by atoms with Gasteiger partial charge in [-0.2, -0.15) is 0 Å². The van der Waals surface area contributed by atoms with Gasteiger partial charge in [-0.3, -0.25) is 4.79 Å². The molecule has 1 aromatic heterocycles. The molecule has 0 aliphatic carbocycles. The van der Waals surface area contributed by atoms with E-state index in [1.54, 1.807) is 17.0 Å². The highest BCUT2D eigenvalue weighted by molar-refractivity contribution is 5.32. The van der Waals surface area contributed by atoms with E-state index in [9.17, 15) is 4.79 Å². The third kappa shape index (κ3) is 5.05. The van der Waals surface area contributed by atoms with Crippen LogP contribution in [0.5, 0.6) is 0 Å². The van der Waals surface area contributed by atoms with Gasteiger partial charge in [-0.05, 0) is 27.2 Å². The number of aromatic nitrogens is 2. The lowest BCUT2D eigenvalue weighted by atomic mass is 10.1. The normalized spacial score (nSPS) is 12.7. The Balaban J connectivity index is 2.57. The number of nitrogens with one attached hydrogen (secondary N) is 1. The van der Waals surface area contributed by atoms with Crippen LogP contribution < -0.4 is 10.9 Å². The fourth-order valence-electron chi connectivity index (χ4n) is 2.11. The van der Waals surface area contributed by atoms with E-state index in [2.05, 4.69) is 24.1 Å². The van der Waals surface area contributed by atoms with Crippen LogP contribution in [-0.4, -0.2) is 15.6 Å². The highest BCUT2D eigenvalue weighted by Gasteiger charge is 2.09. The van der Waals surface area contributed by atoms with Gasteiger partial charge in [-0.1, -0.05) is 32.6 Å². The predicted octanol–water partition coefficient (Wildman–Crippen LogP) is 3.60. The van der Waals surface area contributed by atoms with E-state index >= 15 is 0 Å². The van der Waals surface area contributed by atoms with Gasteiger partial charge >= 0.3 is 0 Å². The van der Waals surface area contributed by atoms with Gasteiger partial charge in [0.2, 0.25) is 0 Å². The van der Waals surface area contributed by atoms with Crippen LogP contribution in [0, 0.1) is 0 Å². The van der Waals surface area contributed by atoms with Gasteiger partial charge in [-0.15, -0.1) is 0 Å². The maximum absolute atomic E-state index is 12.2. The SMILES string of the molecule is CCCCCCC(C)Nc1nccn(C(C)C)c1=O. The summed E-state index contributed by atoms with van der Waals surface area (Å²) < 4.78 is 1.71. The van der Waals surface area contributed by atoms with Gasteiger partial charge in [0.25, 0.3) is 5.56 Å². The van der Waals surface area contributed by atoms with Crippen LogP contribution in [0.1, 0.15) is 65.8 Å². The molecule has 1 aromatic rings. The van der Waals surface area contributed by atoms with Crippen molar-refractivity contribution in [1.29, 1.82) is 0 Å². The van der Waals surface area contributed by atoms with E-state index < -0.39 is 0 Å². The quantitative estimate of drug-likeness (QED) is 0.731. The average Bonchev–Trinajstić information content (AvgIpc) is 2.37. The maximum atomic E-state index is 12.2. The lowest BCUT2D eigenvalue weighted by Crippen LogP contribution is -2.28. The van der Waals surface area contributed by atoms with Crippen LogP contribution >= 0.6 is 0 Å². The molecule has 1 N–H and O–H groups in total. The minimum absolute atomic E-state index is 0.0297. The monoisotopic (exact) mass is 265 g/mol. The van der Waals surface area contributed by atoms with Crippen molar-refractivity contribution < 1.29 is 0 Å². The average molecular weight is 265 g/mol. The number of rotatable bonds is 8. The molecular weight excluding hydrogens is 238 g/mol. The second kappa shape index (κ2) is 7.97. The van der Waals surface area contributed by atoms with Gasteiger partial charge in [0.05, 0.1) is 0 Å². The summed E-state index contributed by atoms with van der Waals surface area (Å²) in [5, 5.41) is 3.24. The fourth-order valence-corrected chi connectivity index (χ4v) is 2.11. The Hall–Kier alpha value is -1.32. The largest absolute Gasteiger partial charge is 0.363 e. The fraction of sp³-hybridized carbons (Fsp3) is 0.733.